The van der Waals surface area contributed by atoms with Crippen LogP contribution >= 0.6 is 11.6 Å². The largest absolute Gasteiger partial charge is 0.348 e. The van der Waals surface area contributed by atoms with Crippen LogP contribution in [0.4, 0.5) is 0 Å². The fourth-order valence-electron chi connectivity index (χ4n) is 2.86. The zero-order valence-corrected chi connectivity index (χ0v) is 14.0. The summed E-state index contributed by atoms with van der Waals surface area (Å²) < 4.78 is 1.60. The number of likely N-dealkylation sites (N-methyl/N-ethyl adjacent to an activating group) is 1. The van der Waals surface area contributed by atoms with Gasteiger partial charge in [-0.1, -0.05) is 23.7 Å². The molecule has 7 heteroatoms. The highest BCUT2D eigenvalue weighted by atomic mass is 35.5. The van der Waals surface area contributed by atoms with Gasteiger partial charge in [-0.05, 0) is 45.5 Å². The second-order valence-corrected chi connectivity index (χ2v) is 6.24. The molecule has 0 unspecified atom stereocenters. The van der Waals surface area contributed by atoms with Crippen molar-refractivity contribution < 1.29 is 4.79 Å². The Labute approximate surface area is 140 Å². The molecule has 0 aliphatic carbocycles. The number of carbonyl (C=O) groups excluding carboxylic acids is 1. The van der Waals surface area contributed by atoms with E-state index in [4.69, 9.17) is 11.6 Å². The Morgan fingerprint density at radius 1 is 1.43 bits per heavy atom. The van der Waals surface area contributed by atoms with Crippen LogP contribution in [0, 0.1) is 6.92 Å². The minimum atomic E-state index is -0.251. The lowest BCUT2D eigenvalue weighted by molar-refractivity contribution is 0.0933. The monoisotopic (exact) mass is 333 g/mol. The van der Waals surface area contributed by atoms with Crippen LogP contribution in [0.25, 0.3) is 5.69 Å². The minimum Gasteiger partial charge on any atom is -0.348 e. The zero-order valence-electron chi connectivity index (χ0n) is 13.3. The van der Waals surface area contributed by atoms with Gasteiger partial charge in [0.25, 0.3) is 5.91 Å². The number of rotatable bonds is 4. The van der Waals surface area contributed by atoms with Crippen LogP contribution in [0.15, 0.2) is 24.3 Å². The predicted molar refractivity (Wildman–Crippen MR) is 89.1 cm³/mol. The summed E-state index contributed by atoms with van der Waals surface area (Å²) in [6.07, 6.45) is 2.28. The van der Waals surface area contributed by atoms with E-state index in [1.165, 1.54) is 6.42 Å². The molecule has 1 aliphatic heterocycles. The molecule has 1 saturated heterocycles. The van der Waals surface area contributed by atoms with Gasteiger partial charge >= 0.3 is 0 Å². The average Bonchev–Trinajstić information content (AvgIpc) is 3.11. The molecule has 0 saturated carbocycles. The molecule has 122 valence electrons. The minimum absolute atomic E-state index is 0.170. The molecule has 0 bridgehead atoms. The Morgan fingerprint density at radius 3 is 2.91 bits per heavy atom. The molecule has 6 nitrogen and oxygen atoms in total. The molecule has 1 aromatic carbocycles. The first kappa shape index (κ1) is 16.0. The molecule has 2 aromatic rings. The molecule has 1 amide bonds. The lowest BCUT2D eigenvalue weighted by Gasteiger charge is -2.19. The van der Waals surface area contributed by atoms with Crippen molar-refractivity contribution in [2.24, 2.45) is 0 Å². The van der Waals surface area contributed by atoms with Gasteiger partial charge < -0.3 is 10.2 Å². The van der Waals surface area contributed by atoms with Crippen molar-refractivity contribution in [3.63, 3.8) is 0 Å². The highest BCUT2D eigenvalue weighted by Gasteiger charge is 2.22. The number of likely N-dealkylation sites (tertiary alicyclic amines) is 1. The van der Waals surface area contributed by atoms with Crippen LogP contribution in [0.2, 0.25) is 5.02 Å². The fraction of sp³-hybridized carbons (Fsp3) is 0.438. The number of halogens is 1. The van der Waals surface area contributed by atoms with E-state index in [0.29, 0.717) is 29.1 Å². The van der Waals surface area contributed by atoms with Gasteiger partial charge in [-0.15, -0.1) is 5.10 Å². The number of nitrogens with zero attached hydrogens (tertiary/aromatic N) is 4. The first-order chi connectivity index (χ1) is 11.1. The fourth-order valence-corrected chi connectivity index (χ4v) is 3.08. The summed E-state index contributed by atoms with van der Waals surface area (Å²) in [5.41, 5.74) is 0.716. The highest BCUT2D eigenvalue weighted by Crippen LogP contribution is 2.20. The third-order valence-corrected chi connectivity index (χ3v) is 4.54. The smallest absolute Gasteiger partial charge is 0.291 e. The molecule has 0 spiro atoms. The van der Waals surface area contributed by atoms with Gasteiger partial charge in [-0.3, -0.25) is 4.79 Å². The molecule has 2 heterocycles. The Morgan fingerprint density at radius 2 is 2.22 bits per heavy atom. The van der Waals surface area contributed by atoms with Gasteiger partial charge in [-0.25, -0.2) is 9.67 Å². The van der Waals surface area contributed by atoms with Crippen LogP contribution in [0.5, 0.6) is 0 Å². The maximum atomic E-state index is 12.3. The van der Waals surface area contributed by atoms with E-state index in [-0.39, 0.29) is 11.7 Å². The SMILES string of the molecule is Cc1nc(C(=O)NC[C@@H]2CCCN2C)nn1-c1ccccc1Cl. The van der Waals surface area contributed by atoms with Crippen molar-refractivity contribution in [2.75, 3.05) is 20.1 Å². The Bertz CT molecular complexity index is 714. The third-order valence-electron chi connectivity index (χ3n) is 4.22. The normalized spacial score (nSPS) is 18.3. The Hall–Kier alpha value is -1.92. The van der Waals surface area contributed by atoms with Crippen molar-refractivity contribution in [3.8, 4) is 5.69 Å². The van der Waals surface area contributed by atoms with E-state index < -0.39 is 0 Å². The Balaban J connectivity index is 1.73. The first-order valence-corrected chi connectivity index (χ1v) is 8.11. The summed E-state index contributed by atoms with van der Waals surface area (Å²) in [7, 11) is 2.08. The highest BCUT2D eigenvalue weighted by molar-refractivity contribution is 6.32. The summed E-state index contributed by atoms with van der Waals surface area (Å²) in [5, 5.41) is 7.80. The van der Waals surface area contributed by atoms with Gasteiger partial charge in [0.05, 0.1) is 10.7 Å². The van der Waals surface area contributed by atoms with Crippen LogP contribution < -0.4 is 5.32 Å². The van der Waals surface area contributed by atoms with E-state index in [2.05, 4.69) is 27.3 Å². The second-order valence-electron chi connectivity index (χ2n) is 5.83. The number of benzene rings is 1. The van der Waals surface area contributed by atoms with Crippen molar-refractivity contribution in [1.29, 1.82) is 0 Å². The molecule has 23 heavy (non-hydrogen) atoms. The number of carbonyl (C=O) groups is 1. The number of para-hydroxylation sites is 1. The zero-order chi connectivity index (χ0) is 16.4. The van der Waals surface area contributed by atoms with Gasteiger partial charge in [-0.2, -0.15) is 0 Å². The summed E-state index contributed by atoms with van der Waals surface area (Å²) in [5.74, 6) is 0.545. The topological polar surface area (TPSA) is 63.1 Å². The van der Waals surface area contributed by atoms with E-state index in [1.807, 2.05) is 18.2 Å². The number of hydrogen-bond donors (Lipinski definition) is 1. The molecule has 1 N–H and O–H groups in total. The second kappa shape index (κ2) is 6.68. The van der Waals surface area contributed by atoms with E-state index >= 15 is 0 Å². The molecule has 1 atom stereocenters. The number of nitrogens with one attached hydrogen (secondary N) is 1. The van der Waals surface area contributed by atoms with Crippen LogP contribution in [0.3, 0.4) is 0 Å². The van der Waals surface area contributed by atoms with Crippen molar-refractivity contribution >= 4 is 17.5 Å². The van der Waals surface area contributed by atoms with Crippen molar-refractivity contribution in [3.05, 3.63) is 40.9 Å². The van der Waals surface area contributed by atoms with Gasteiger partial charge in [0.2, 0.25) is 5.82 Å². The van der Waals surface area contributed by atoms with Gasteiger partial charge in [0.1, 0.15) is 5.82 Å². The quantitative estimate of drug-likeness (QED) is 0.930. The molecule has 1 aliphatic rings. The van der Waals surface area contributed by atoms with Crippen molar-refractivity contribution in [2.45, 2.75) is 25.8 Å². The molecule has 0 radical (unpaired) electrons. The lowest BCUT2D eigenvalue weighted by Crippen LogP contribution is -2.38. The lowest BCUT2D eigenvalue weighted by atomic mass is 10.2. The maximum absolute atomic E-state index is 12.3. The summed E-state index contributed by atoms with van der Waals surface area (Å²) in [6.45, 7) is 3.51. The molecular weight excluding hydrogens is 314 g/mol. The summed E-state index contributed by atoms with van der Waals surface area (Å²) >= 11 is 6.19. The predicted octanol–water partition coefficient (Wildman–Crippen LogP) is 2.05. The van der Waals surface area contributed by atoms with Gasteiger partial charge in [0.15, 0.2) is 0 Å². The van der Waals surface area contributed by atoms with E-state index in [9.17, 15) is 4.79 Å². The summed E-state index contributed by atoms with van der Waals surface area (Å²) in [6, 6.07) is 7.75. The number of aryl methyl sites for hydroxylation is 1. The van der Waals surface area contributed by atoms with E-state index in [1.54, 1.807) is 17.7 Å². The number of hydrogen-bond acceptors (Lipinski definition) is 4. The van der Waals surface area contributed by atoms with E-state index in [0.717, 1.165) is 13.0 Å². The van der Waals surface area contributed by atoms with Crippen LogP contribution in [0.1, 0.15) is 29.3 Å². The average molecular weight is 334 g/mol. The third kappa shape index (κ3) is 3.38. The van der Waals surface area contributed by atoms with Crippen molar-refractivity contribution in [1.82, 2.24) is 25.0 Å². The molecular formula is C16H20ClN5O. The number of aromatic nitrogens is 3. The standard InChI is InChI=1S/C16H20ClN5O/c1-11-19-15(16(23)18-10-12-6-5-9-21(12)2)20-22(11)14-8-4-3-7-13(14)17/h3-4,7-8,12H,5-6,9-10H2,1-2H3,(H,18,23)/t12-/m0/s1. The van der Waals surface area contributed by atoms with Crippen LogP contribution in [-0.2, 0) is 0 Å². The summed E-state index contributed by atoms with van der Waals surface area (Å²) in [4.78, 5) is 18.8. The molecule has 1 fully saturated rings. The maximum Gasteiger partial charge on any atom is 0.291 e. The molecule has 3 rings (SSSR count). The number of amides is 1. The first-order valence-electron chi connectivity index (χ1n) is 7.73. The van der Waals surface area contributed by atoms with Crippen LogP contribution in [-0.4, -0.2) is 51.8 Å². The Kier molecular flexibility index (Phi) is 4.63. The van der Waals surface area contributed by atoms with Gasteiger partial charge in [0, 0.05) is 12.6 Å². The molecule has 1 aromatic heterocycles.